The molecule has 6 aromatic rings. The first-order valence-electron chi connectivity index (χ1n) is 17.1. The highest BCUT2D eigenvalue weighted by Crippen LogP contribution is 2.35. The van der Waals surface area contributed by atoms with Crippen molar-refractivity contribution in [1.29, 1.82) is 0 Å². The summed E-state index contributed by atoms with van der Waals surface area (Å²) in [4.78, 5) is 7.16. The number of benzene rings is 6. The van der Waals surface area contributed by atoms with Gasteiger partial charge in [0.05, 0.1) is 43.1 Å². The van der Waals surface area contributed by atoms with E-state index in [1.165, 1.54) is 19.6 Å². The number of hydrogen-bond acceptors (Lipinski definition) is 11. The Kier molecular flexibility index (Phi) is 18.4. The molecule has 0 fully saturated rings. The fourth-order valence-corrected chi connectivity index (χ4v) is 8.78. The lowest BCUT2D eigenvalue weighted by Crippen LogP contribution is -2.21. The normalized spacial score (nSPS) is 11.5. The van der Waals surface area contributed by atoms with Crippen LogP contribution in [0.4, 0.5) is 26.3 Å². The van der Waals surface area contributed by atoms with E-state index in [0.29, 0.717) is 0 Å². The van der Waals surface area contributed by atoms with Gasteiger partial charge in [-0.2, -0.15) is 26.3 Å². The van der Waals surface area contributed by atoms with E-state index >= 15 is 0 Å². The molecule has 2 N–H and O–H groups in total. The van der Waals surface area contributed by atoms with Crippen LogP contribution in [0.15, 0.2) is 181 Å². The maximum Gasteiger partial charge on any atom is 0.485 e. The number of phenols is 2. The SMILES string of the molecule is COc1ccc([S+](c2ccc(OC)cc2)c2ccc(OC)cc2)cc1.O=S(=O)([O-])C(F)(F)F.O=S(=O)([O-])C(F)(F)F.Oc1ccc([S+](c2ccccc2)c2ccc(O)cc2)cc1. The number of halogens is 6. The highest BCUT2D eigenvalue weighted by atomic mass is 32.2. The number of alkyl halides is 6. The maximum atomic E-state index is 10.7. The molecule has 0 bridgehead atoms. The van der Waals surface area contributed by atoms with Crippen LogP contribution in [-0.4, -0.2) is 68.5 Å². The number of hydrogen-bond donors (Lipinski definition) is 2. The lowest BCUT2D eigenvalue weighted by Gasteiger charge is -2.10. The van der Waals surface area contributed by atoms with Crippen molar-refractivity contribution in [2.24, 2.45) is 0 Å². The number of methoxy groups -OCH3 is 3. The molecule has 6 rings (SSSR count). The molecule has 0 aliphatic carbocycles. The van der Waals surface area contributed by atoms with E-state index in [1.807, 2.05) is 78.9 Å². The van der Waals surface area contributed by atoms with Gasteiger partial charge in [0.25, 0.3) is 0 Å². The van der Waals surface area contributed by atoms with Gasteiger partial charge in [-0.3, -0.25) is 0 Å². The largest absolute Gasteiger partial charge is 0.741 e. The molecule has 62 heavy (non-hydrogen) atoms. The summed E-state index contributed by atoms with van der Waals surface area (Å²) >= 11 is 0. The van der Waals surface area contributed by atoms with E-state index in [4.69, 9.17) is 40.2 Å². The van der Waals surface area contributed by atoms with Gasteiger partial charge in [0.1, 0.15) is 28.7 Å². The lowest BCUT2D eigenvalue weighted by molar-refractivity contribution is -0.0522. The number of ether oxygens (including phenoxy) is 3. The van der Waals surface area contributed by atoms with Crippen molar-refractivity contribution < 1.29 is 76.7 Å². The number of phenolic OH excluding ortho intramolecular Hbond substituents is 2. The molecule has 6 aromatic carbocycles. The summed E-state index contributed by atoms with van der Waals surface area (Å²) in [5.41, 5.74) is -11.3. The molecule has 0 amide bonds. The Hall–Kier alpha value is -5.58. The topological polar surface area (TPSA) is 183 Å². The first kappa shape index (κ1) is 50.8. The summed E-state index contributed by atoms with van der Waals surface area (Å²) in [7, 11) is -7.60. The molecule has 0 atom stereocenters. The third-order valence-corrected chi connectivity index (χ3v) is 13.2. The smallest absolute Gasteiger partial charge is 0.485 e. The maximum absolute atomic E-state index is 10.7. The van der Waals surface area contributed by atoms with Crippen LogP contribution in [0, 0.1) is 0 Å². The second-order valence-electron chi connectivity index (χ2n) is 11.7. The van der Waals surface area contributed by atoms with E-state index in [0.717, 1.165) is 27.0 Å². The molecule has 0 saturated heterocycles. The van der Waals surface area contributed by atoms with Crippen molar-refractivity contribution in [3.8, 4) is 28.7 Å². The van der Waals surface area contributed by atoms with Crippen LogP contribution in [0.1, 0.15) is 0 Å². The van der Waals surface area contributed by atoms with E-state index in [9.17, 15) is 36.6 Å². The minimum absolute atomic E-state index is 0.212. The molecular formula is C41H36F6O11S4. The van der Waals surface area contributed by atoms with Gasteiger partial charge < -0.3 is 33.5 Å². The summed E-state index contributed by atoms with van der Waals surface area (Å²) in [6, 6.07) is 49.6. The summed E-state index contributed by atoms with van der Waals surface area (Å²) in [6.07, 6.45) is 0. The van der Waals surface area contributed by atoms with Crippen molar-refractivity contribution in [3.63, 3.8) is 0 Å². The third-order valence-electron chi connectivity index (χ3n) is 7.58. The Morgan fingerprint density at radius 1 is 0.403 bits per heavy atom. The minimum atomic E-state index is -6.09. The second-order valence-corrected chi connectivity index (χ2v) is 18.5. The van der Waals surface area contributed by atoms with Gasteiger partial charge in [-0.25, -0.2) is 16.8 Å². The van der Waals surface area contributed by atoms with Crippen LogP contribution in [0.25, 0.3) is 0 Å². The predicted molar refractivity (Wildman–Crippen MR) is 217 cm³/mol. The molecule has 11 nitrogen and oxygen atoms in total. The Morgan fingerprint density at radius 2 is 0.597 bits per heavy atom. The van der Waals surface area contributed by atoms with Gasteiger partial charge in [-0.1, -0.05) is 18.2 Å². The van der Waals surface area contributed by atoms with Crippen molar-refractivity contribution in [3.05, 3.63) is 152 Å². The minimum Gasteiger partial charge on any atom is -0.741 e. The lowest BCUT2D eigenvalue weighted by atomic mass is 10.3. The molecule has 0 unspecified atom stereocenters. The third kappa shape index (κ3) is 15.4. The van der Waals surface area contributed by atoms with Gasteiger partial charge in [-0.15, -0.1) is 0 Å². The zero-order valence-corrected chi connectivity index (χ0v) is 35.7. The summed E-state index contributed by atoms with van der Waals surface area (Å²) in [6.45, 7) is 0. The average Bonchev–Trinajstić information content (AvgIpc) is 3.23. The Morgan fingerprint density at radius 3 is 0.790 bits per heavy atom. The molecule has 21 heteroatoms. The van der Waals surface area contributed by atoms with E-state index < -0.39 is 31.3 Å². The first-order chi connectivity index (χ1) is 29.0. The molecule has 0 spiro atoms. The molecular weight excluding hydrogens is 911 g/mol. The average molecular weight is 947 g/mol. The van der Waals surface area contributed by atoms with Crippen LogP contribution in [0.3, 0.4) is 0 Å². The van der Waals surface area contributed by atoms with Crippen LogP contribution in [0.5, 0.6) is 28.7 Å². The van der Waals surface area contributed by atoms with Crippen LogP contribution >= 0.6 is 0 Å². The predicted octanol–water partition coefficient (Wildman–Crippen LogP) is 9.10. The van der Waals surface area contributed by atoms with Gasteiger partial charge in [0.15, 0.2) is 49.6 Å². The molecule has 0 aliphatic rings. The highest BCUT2D eigenvalue weighted by Gasteiger charge is 2.37. The summed E-state index contributed by atoms with van der Waals surface area (Å²) < 4.78 is 134. The Labute approximate surface area is 359 Å². The zero-order valence-electron chi connectivity index (χ0n) is 32.4. The molecule has 0 saturated carbocycles. The zero-order chi connectivity index (χ0) is 46.3. The fourth-order valence-electron chi connectivity index (χ4n) is 4.67. The standard InChI is InChI=1S/C21H21O3S.C18H14O2S.2CHF3O3S/c1-22-16-4-10-19(11-5-16)25(20-12-6-17(23-2)7-13-20)21-14-8-18(24-3)9-15-21;19-14-6-10-17(11-7-14)21(16-4-2-1-3-5-16)18-12-8-15(20)9-13-18;2*2-1(3,4)8(5,6)7/h4-15H,1-3H3;1-13H,(H-,19,20);2*(H,5,6,7)/q+1;;;/p-1. The van der Waals surface area contributed by atoms with E-state index in [1.54, 1.807) is 45.6 Å². The summed E-state index contributed by atoms with van der Waals surface area (Å²) in [5.74, 6) is 3.10. The Bertz CT molecular complexity index is 2290. The van der Waals surface area contributed by atoms with Crippen LogP contribution < -0.4 is 14.2 Å². The quantitative estimate of drug-likeness (QED) is 0.0610. The molecule has 0 heterocycles. The van der Waals surface area contributed by atoms with Crippen LogP contribution in [-0.2, 0) is 42.0 Å². The first-order valence-corrected chi connectivity index (χ1v) is 22.3. The molecule has 0 aromatic heterocycles. The van der Waals surface area contributed by atoms with E-state index in [-0.39, 0.29) is 33.3 Å². The Balaban J connectivity index is 0.000000248. The summed E-state index contributed by atoms with van der Waals surface area (Å²) in [5, 5.41) is 19.0. The van der Waals surface area contributed by atoms with Gasteiger partial charge in [0.2, 0.25) is 0 Å². The fraction of sp³-hybridized carbons (Fsp3) is 0.122. The van der Waals surface area contributed by atoms with Crippen molar-refractivity contribution in [1.82, 2.24) is 0 Å². The van der Waals surface area contributed by atoms with Crippen molar-refractivity contribution in [2.45, 2.75) is 40.4 Å². The van der Waals surface area contributed by atoms with E-state index in [2.05, 4.69) is 48.5 Å². The monoisotopic (exact) mass is 946 g/mol. The van der Waals surface area contributed by atoms with Gasteiger partial charge in [-0.05, 0) is 133 Å². The second kappa shape index (κ2) is 22.5. The van der Waals surface area contributed by atoms with Crippen molar-refractivity contribution in [2.75, 3.05) is 21.3 Å². The highest BCUT2D eigenvalue weighted by molar-refractivity contribution is 7.97. The molecule has 332 valence electrons. The van der Waals surface area contributed by atoms with Gasteiger partial charge in [0, 0.05) is 0 Å². The molecule has 0 radical (unpaired) electrons. The van der Waals surface area contributed by atoms with Gasteiger partial charge >= 0.3 is 11.0 Å². The van der Waals surface area contributed by atoms with Crippen molar-refractivity contribution >= 4 is 42.0 Å². The number of rotatable bonds is 9. The van der Waals surface area contributed by atoms with Crippen LogP contribution in [0.2, 0.25) is 0 Å². The molecule has 0 aliphatic heterocycles. The number of aromatic hydroxyl groups is 2.